The lowest BCUT2D eigenvalue weighted by molar-refractivity contribution is -0.129. The minimum Gasteiger partial charge on any atom is -0.477 e. The Morgan fingerprint density at radius 3 is 2.52 bits per heavy atom. The Hall–Kier alpha value is -2.24. The summed E-state index contributed by atoms with van der Waals surface area (Å²) in [6.07, 6.45) is 1.14. The van der Waals surface area contributed by atoms with E-state index < -0.39 is 6.10 Å². The molecule has 1 aliphatic rings. The number of fused-ring (bicyclic) bond motifs is 1. The lowest BCUT2D eigenvalue weighted by Crippen LogP contribution is -2.53. The summed E-state index contributed by atoms with van der Waals surface area (Å²) in [7, 11) is 0. The van der Waals surface area contributed by atoms with Crippen LogP contribution in [0.1, 0.15) is 40.5 Å². The first-order chi connectivity index (χ1) is 11.9. The van der Waals surface area contributed by atoms with Crippen LogP contribution in [0.5, 0.6) is 5.75 Å². The average Bonchev–Trinajstić information content (AvgIpc) is 2.58. The largest absolute Gasteiger partial charge is 0.477 e. The molecule has 0 aromatic heterocycles. The summed E-state index contributed by atoms with van der Waals surface area (Å²) in [6, 6.07) is 7.74. The van der Waals surface area contributed by atoms with Crippen molar-refractivity contribution in [2.24, 2.45) is 0 Å². The van der Waals surface area contributed by atoms with E-state index in [9.17, 15) is 9.59 Å². The average molecular weight is 347 g/mol. The second kappa shape index (κ2) is 8.74. The highest BCUT2D eigenvalue weighted by Crippen LogP contribution is 2.32. The van der Waals surface area contributed by atoms with Gasteiger partial charge in [-0.1, -0.05) is 26.0 Å². The highest BCUT2D eigenvalue weighted by molar-refractivity contribution is 5.86. The maximum Gasteiger partial charge on any atom is 0.263 e. The van der Waals surface area contributed by atoms with E-state index in [0.717, 1.165) is 18.5 Å². The molecule has 0 saturated carbocycles. The summed E-state index contributed by atoms with van der Waals surface area (Å²) >= 11 is 0. The zero-order chi connectivity index (χ0) is 18.4. The molecule has 1 aromatic carbocycles. The Morgan fingerprint density at radius 1 is 1.20 bits per heavy atom. The third kappa shape index (κ3) is 5.11. The lowest BCUT2D eigenvalue weighted by Gasteiger charge is -2.35. The number of hydrogen-bond acceptors (Lipinski definition) is 4. The normalized spacial score (nSPS) is 16.4. The van der Waals surface area contributed by atoms with Gasteiger partial charge in [0.1, 0.15) is 5.75 Å². The number of ether oxygens (including phenoxy) is 1. The molecule has 138 valence electrons. The lowest BCUT2D eigenvalue weighted by atomic mass is 10.1. The number of nitrogens with zero attached hydrogens (tertiary/aromatic N) is 1. The number of carbonyl (C=O) groups is 2. The Labute approximate surface area is 149 Å². The van der Waals surface area contributed by atoms with Gasteiger partial charge < -0.3 is 20.3 Å². The number of hydrogen-bond donors (Lipinski definition) is 2. The molecule has 2 N–H and O–H groups in total. The molecular weight excluding hydrogens is 318 g/mol. The Kier molecular flexibility index (Phi) is 6.67. The van der Waals surface area contributed by atoms with E-state index in [4.69, 9.17) is 4.74 Å². The summed E-state index contributed by atoms with van der Waals surface area (Å²) < 4.78 is 5.89. The Bertz CT molecular complexity index is 599. The molecule has 1 aromatic rings. The molecular formula is C19H29N3O3. The van der Waals surface area contributed by atoms with E-state index in [1.54, 1.807) is 0 Å². The van der Waals surface area contributed by atoms with Crippen LogP contribution in [0.2, 0.25) is 0 Å². The van der Waals surface area contributed by atoms with Crippen molar-refractivity contribution in [1.82, 2.24) is 10.6 Å². The van der Waals surface area contributed by atoms with Crippen LogP contribution in [-0.4, -0.2) is 43.1 Å². The van der Waals surface area contributed by atoms with Gasteiger partial charge in [0.25, 0.3) is 5.91 Å². The zero-order valence-corrected chi connectivity index (χ0v) is 15.5. The van der Waals surface area contributed by atoms with Gasteiger partial charge in [-0.3, -0.25) is 9.59 Å². The molecule has 0 aliphatic carbocycles. The fraction of sp³-hybridized carbons (Fsp3) is 0.579. The molecule has 0 bridgehead atoms. The molecule has 2 amide bonds. The van der Waals surface area contributed by atoms with Crippen LogP contribution in [0.25, 0.3) is 0 Å². The zero-order valence-electron chi connectivity index (χ0n) is 15.5. The van der Waals surface area contributed by atoms with Crippen molar-refractivity contribution in [3.63, 3.8) is 0 Å². The first-order valence-electron chi connectivity index (χ1n) is 9.04. The third-order valence-corrected chi connectivity index (χ3v) is 4.27. The number of carbonyl (C=O) groups excluding carboxylic acids is 2. The summed E-state index contributed by atoms with van der Waals surface area (Å²) in [5, 5.41) is 5.93. The molecule has 1 atom stereocenters. The highest BCUT2D eigenvalue weighted by Gasteiger charge is 2.32. The second-order valence-electron chi connectivity index (χ2n) is 6.70. The molecule has 1 aliphatic heterocycles. The summed E-state index contributed by atoms with van der Waals surface area (Å²) in [6.45, 7) is 8.51. The monoisotopic (exact) mass is 347 g/mol. The first kappa shape index (κ1) is 19.1. The minimum atomic E-state index is -0.623. The van der Waals surface area contributed by atoms with Gasteiger partial charge in [-0.2, -0.15) is 0 Å². The molecule has 6 heteroatoms. The van der Waals surface area contributed by atoms with Crippen LogP contribution in [-0.2, 0) is 9.59 Å². The van der Waals surface area contributed by atoms with Gasteiger partial charge in [0, 0.05) is 12.1 Å². The molecule has 25 heavy (non-hydrogen) atoms. The maximum absolute atomic E-state index is 12.6. The number of anilines is 1. The van der Waals surface area contributed by atoms with Gasteiger partial charge in [-0.25, -0.2) is 0 Å². The second-order valence-corrected chi connectivity index (χ2v) is 6.70. The summed E-state index contributed by atoms with van der Waals surface area (Å²) in [4.78, 5) is 26.7. The van der Waals surface area contributed by atoms with Crippen LogP contribution in [0.3, 0.4) is 0 Å². The molecule has 2 rings (SSSR count). The minimum absolute atomic E-state index is 0.0640. The van der Waals surface area contributed by atoms with Gasteiger partial charge in [-0.05, 0) is 38.8 Å². The van der Waals surface area contributed by atoms with Crippen molar-refractivity contribution in [3.8, 4) is 5.75 Å². The van der Waals surface area contributed by atoms with Crippen molar-refractivity contribution in [3.05, 3.63) is 24.3 Å². The van der Waals surface area contributed by atoms with Gasteiger partial charge in [-0.15, -0.1) is 0 Å². The topological polar surface area (TPSA) is 70.7 Å². The highest BCUT2D eigenvalue weighted by atomic mass is 16.5. The number of benzene rings is 1. The van der Waals surface area contributed by atoms with Crippen LogP contribution >= 0.6 is 0 Å². The Morgan fingerprint density at radius 2 is 1.88 bits per heavy atom. The molecule has 0 fully saturated rings. The van der Waals surface area contributed by atoms with Gasteiger partial charge >= 0.3 is 0 Å². The van der Waals surface area contributed by atoms with Crippen LogP contribution in [0.15, 0.2) is 24.3 Å². The van der Waals surface area contributed by atoms with Crippen molar-refractivity contribution < 1.29 is 14.3 Å². The van der Waals surface area contributed by atoms with Crippen LogP contribution in [0, 0.1) is 0 Å². The van der Waals surface area contributed by atoms with E-state index in [1.807, 2.05) is 56.9 Å². The summed E-state index contributed by atoms with van der Waals surface area (Å²) in [5.41, 5.74) is 0.841. The Balaban J connectivity index is 2.13. The molecule has 6 nitrogen and oxygen atoms in total. The molecule has 1 heterocycles. The van der Waals surface area contributed by atoms with Crippen molar-refractivity contribution >= 4 is 17.5 Å². The van der Waals surface area contributed by atoms with E-state index in [1.165, 1.54) is 0 Å². The van der Waals surface area contributed by atoms with Crippen molar-refractivity contribution in [2.75, 3.05) is 18.0 Å². The van der Waals surface area contributed by atoms with Crippen molar-refractivity contribution in [1.29, 1.82) is 0 Å². The maximum atomic E-state index is 12.6. The van der Waals surface area contributed by atoms with Crippen molar-refractivity contribution in [2.45, 2.75) is 58.7 Å². The SMILES string of the molecule is CCC(CC)NC(=O)[C@H]1CN(CC(=O)NC(C)C)c2ccccc2O1. The fourth-order valence-corrected chi connectivity index (χ4v) is 2.92. The molecule has 0 unspecified atom stereocenters. The first-order valence-corrected chi connectivity index (χ1v) is 9.04. The third-order valence-electron chi connectivity index (χ3n) is 4.27. The predicted molar refractivity (Wildman–Crippen MR) is 98.9 cm³/mol. The van der Waals surface area contributed by atoms with Crippen LogP contribution < -0.4 is 20.3 Å². The smallest absolute Gasteiger partial charge is 0.263 e. The van der Waals surface area contributed by atoms with E-state index >= 15 is 0 Å². The van der Waals surface area contributed by atoms with E-state index in [0.29, 0.717) is 12.3 Å². The van der Waals surface area contributed by atoms with E-state index in [-0.39, 0.29) is 30.4 Å². The predicted octanol–water partition coefficient (Wildman–Crippen LogP) is 2.08. The quantitative estimate of drug-likeness (QED) is 0.792. The summed E-state index contributed by atoms with van der Waals surface area (Å²) in [5.74, 6) is 0.444. The molecule has 0 saturated heterocycles. The fourth-order valence-electron chi connectivity index (χ4n) is 2.92. The number of amides is 2. The van der Waals surface area contributed by atoms with Crippen LogP contribution in [0.4, 0.5) is 5.69 Å². The molecule has 0 spiro atoms. The van der Waals surface area contributed by atoms with Gasteiger partial charge in [0.2, 0.25) is 5.91 Å². The van der Waals surface area contributed by atoms with E-state index in [2.05, 4.69) is 10.6 Å². The molecule has 0 radical (unpaired) electrons. The van der Waals surface area contributed by atoms with Gasteiger partial charge in [0.05, 0.1) is 18.8 Å². The van der Waals surface area contributed by atoms with Gasteiger partial charge in [0.15, 0.2) is 6.10 Å². The number of para-hydroxylation sites is 2. The standard InChI is InChI=1S/C19H29N3O3/c1-5-14(6-2)21-19(24)17-11-22(12-18(23)20-13(3)4)15-9-7-8-10-16(15)25-17/h7-10,13-14,17H,5-6,11-12H2,1-4H3,(H,20,23)(H,21,24)/t17-/m1/s1. The number of nitrogens with one attached hydrogen (secondary N) is 2. The number of rotatable bonds is 7.